The van der Waals surface area contributed by atoms with Gasteiger partial charge in [-0.25, -0.2) is 0 Å². The van der Waals surface area contributed by atoms with Gasteiger partial charge < -0.3 is 11.1 Å². The van der Waals surface area contributed by atoms with Crippen molar-refractivity contribution in [2.45, 2.75) is 44.7 Å². The molecule has 0 atom stereocenters. The summed E-state index contributed by atoms with van der Waals surface area (Å²) in [4.78, 5) is 0. The van der Waals surface area contributed by atoms with Crippen LogP contribution in [-0.4, -0.2) is 25.8 Å². The lowest BCUT2D eigenvalue weighted by molar-refractivity contribution is -0.133. The highest BCUT2D eigenvalue weighted by Gasteiger charge is 2.31. The first-order valence-corrected chi connectivity index (χ1v) is 5.95. The maximum atomic E-state index is 11.9. The van der Waals surface area contributed by atoms with Crippen LogP contribution in [0.1, 0.15) is 38.5 Å². The lowest BCUT2D eigenvalue weighted by atomic mass is 9.74. The van der Waals surface area contributed by atoms with Gasteiger partial charge in [-0.2, -0.15) is 13.2 Å². The Morgan fingerprint density at radius 2 is 1.75 bits per heavy atom. The Hall–Kier alpha value is -0.290. The standard InChI is InChI=1S/C11H21F3N2/c12-11(13,14)6-7-16-9-10(8-15)4-2-1-3-5-10/h16H,1-9,15H2. The molecule has 5 heteroatoms. The molecular formula is C11H21F3N2. The average Bonchev–Trinajstić information content (AvgIpc) is 2.25. The van der Waals surface area contributed by atoms with E-state index in [0.717, 1.165) is 25.7 Å². The molecule has 0 aromatic carbocycles. The van der Waals surface area contributed by atoms with Gasteiger partial charge in [0.1, 0.15) is 0 Å². The van der Waals surface area contributed by atoms with Crippen molar-refractivity contribution in [2.24, 2.45) is 11.1 Å². The highest BCUT2D eigenvalue weighted by molar-refractivity contribution is 4.85. The number of rotatable bonds is 5. The molecule has 0 heterocycles. The second kappa shape index (κ2) is 5.87. The van der Waals surface area contributed by atoms with Crippen LogP contribution in [0.3, 0.4) is 0 Å². The molecule has 0 aromatic rings. The van der Waals surface area contributed by atoms with Gasteiger partial charge in [-0.3, -0.25) is 0 Å². The molecule has 96 valence electrons. The van der Waals surface area contributed by atoms with Crippen molar-refractivity contribution < 1.29 is 13.2 Å². The lowest BCUT2D eigenvalue weighted by Gasteiger charge is -2.36. The molecule has 1 fully saturated rings. The van der Waals surface area contributed by atoms with Gasteiger partial charge in [-0.05, 0) is 24.8 Å². The predicted octanol–water partition coefficient (Wildman–Crippen LogP) is 2.44. The molecule has 0 spiro atoms. The first kappa shape index (κ1) is 13.8. The van der Waals surface area contributed by atoms with Crippen molar-refractivity contribution in [1.82, 2.24) is 5.32 Å². The van der Waals surface area contributed by atoms with Gasteiger partial charge in [0.15, 0.2) is 0 Å². The summed E-state index contributed by atoms with van der Waals surface area (Å²) < 4.78 is 35.8. The van der Waals surface area contributed by atoms with Gasteiger partial charge >= 0.3 is 6.18 Å². The fraction of sp³-hybridized carbons (Fsp3) is 1.00. The number of hydrogen-bond acceptors (Lipinski definition) is 2. The molecule has 1 aliphatic rings. The number of hydrogen-bond donors (Lipinski definition) is 2. The third-order valence-electron chi connectivity index (χ3n) is 3.43. The van der Waals surface area contributed by atoms with Crippen molar-refractivity contribution in [3.63, 3.8) is 0 Å². The summed E-state index contributed by atoms with van der Waals surface area (Å²) in [6, 6.07) is 0. The minimum atomic E-state index is -4.06. The summed E-state index contributed by atoms with van der Waals surface area (Å²) in [6.45, 7) is 1.21. The first-order valence-electron chi connectivity index (χ1n) is 5.95. The third kappa shape index (κ3) is 4.70. The van der Waals surface area contributed by atoms with E-state index >= 15 is 0 Å². The number of nitrogens with one attached hydrogen (secondary N) is 1. The van der Waals surface area contributed by atoms with Crippen LogP contribution in [0, 0.1) is 5.41 Å². The second-order valence-corrected chi connectivity index (χ2v) is 4.81. The molecule has 2 nitrogen and oxygen atoms in total. The molecule has 1 rings (SSSR count). The summed E-state index contributed by atoms with van der Waals surface area (Å²) >= 11 is 0. The van der Waals surface area contributed by atoms with Crippen LogP contribution in [0.2, 0.25) is 0 Å². The SMILES string of the molecule is NCC1(CNCCC(F)(F)F)CCCCC1. The second-order valence-electron chi connectivity index (χ2n) is 4.81. The zero-order valence-electron chi connectivity index (χ0n) is 9.58. The maximum absolute atomic E-state index is 11.9. The fourth-order valence-corrected chi connectivity index (χ4v) is 2.34. The molecule has 0 unspecified atom stereocenters. The summed E-state index contributed by atoms with van der Waals surface area (Å²) in [5.41, 5.74) is 5.79. The van der Waals surface area contributed by atoms with Crippen LogP contribution in [0.15, 0.2) is 0 Å². The number of halogens is 3. The summed E-state index contributed by atoms with van der Waals surface area (Å²) in [5, 5.41) is 2.90. The van der Waals surface area contributed by atoms with Crippen molar-refractivity contribution >= 4 is 0 Å². The predicted molar refractivity (Wildman–Crippen MR) is 58.1 cm³/mol. The van der Waals surface area contributed by atoms with E-state index in [2.05, 4.69) is 5.32 Å². The normalized spacial score (nSPS) is 21.0. The first-order chi connectivity index (χ1) is 7.47. The minimum Gasteiger partial charge on any atom is -0.330 e. The molecule has 0 amide bonds. The Kier molecular flexibility index (Phi) is 5.05. The van der Waals surface area contributed by atoms with E-state index in [1.54, 1.807) is 0 Å². The molecule has 0 saturated heterocycles. The lowest BCUT2D eigenvalue weighted by Crippen LogP contribution is -2.42. The van der Waals surface area contributed by atoms with Gasteiger partial charge in [-0.15, -0.1) is 0 Å². The van der Waals surface area contributed by atoms with E-state index in [1.807, 2.05) is 0 Å². The van der Waals surface area contributed by atoms with Gasteiger partial charge in [0, 0.05) is 13.1 Å². The number of nitrogens with two attached hydrogens (primary N) is 1. The van der Waals surface area contributed by atoms with E-state index in [-0.39, 0.29) is 12.0 Å². The molecule has 1 saturated carbocycles. The summed E-state index contributed by atoms with van der Waals surface area (Å²) in [5.74, 6) is 0. The molecule has 0 aromatic heterocycles. The highest BCUT2D eigenvalue weighted by Crippen LogP contribution is 2.34. The molecule has 3 N–H and O–H groups in total. The van der Waals surface area contributed by atoms with Crippen LogP contribution in [0.4, 0.5) is 13.2 Å². The van der Waals surface area contributed by atoms with Crippen LogP contribution in [0.5, 0.6) is 0 Å². The van der Waals surface area contributed by atoms with Crippen molar-refractivity contribution in [2.75, 3.05) is 19.6 Å². The topological polar surface area (TPSA) is 38.0 Å². The molecule has 16 heavy (non-hydrogen) atoms. The van der Waals surface area contributed by atoms with Crippen LogP contribution in [0.25, 0.3) is 0 Å². The Labute approximate surface area is 94.8 Å². The van der Waals surface area contributed by atoms with Gasteiger partial charge in [0.25, 0.3) is 0 Å². The quantitative estimate of drug-likeness (QED) is 0.722. The Morgan fingerprint density at radius 3 is 2.25 bits per heavy atom. The smallest absolute Gasteiger partial charge is 0.330 e. The monoisotopic (exact) mass is 238 g/mol. The summed E-state index contributed by atoms with van der Waals surface area (Å²) in [6.07, 6.45) is 0.800. The largest absolute Gasteiger partial charge is 0.390 e. The van der Waals surface area contributed by atoms with Crippen molar-refractivity contribution in [3.05, 3.63) is 0 Å². The number of alkyl halides is 3. The third-order valence-corrected chi connectivity index (χ3v) is 3.43. The van der Waals surface area contributed by atoms with E-state index in [1.165, 1.54) is 6.42 Å². The average molecular weight is 238 g/mol. The van der Waals surface area contributed by atoms with Gasteiger partial charge in [-0.1, -0.05) is 19.3 Å². The van der Waals surface area contributed by atoms with Crippen LogP contribution >= 0.6 is 0 Å². The Morgan fingerprint density at radius 1 is 1.12 bits per heavy atom. The van der Waals surface area contributed by atoms with Crippen LogP contribution < -0.4 is 11.1 Å². The molecule has 0 aliphatic heterocycles. The molecule has 1 aliphatic carbocycles. The van der Waals surface area contributed by atoms with E-state index < -0.39 is 12.6 Å². The molecular weight excluding hydrogens is 217 g/mol. The van der Waals surface area contributed by atoms with Gasteiger partial charge in [0.05, 0.1) is 6.42 Å². The van der Waals surface area contributed by atoms with E-state index in [9.17, 15) is 13.2 Å². The van der Waals surface area contributed by atoms with E-state index in [0.29, 0.717) is 13.1 Å². The van der Waals surface area contributed by atoms with Crippen LogP contribution in [-0.2, 0) is 0 Å². The molecule has 0 bridgehead atoms. The zero-order chi connectivity index (χ0) is 12.1. The highest BCUT2D eigenvalue weighted by atomic mass is 19.4. The maximum Gasteiger partial charge on any atom is 0.390 e. The van der Waals surface area contributed by atoms with Crippen molar-refractivity contribution in [3.8, 4) is 0 Å². The zero-order valence-corrected chi connectivity index (χ0v) is 9.58. The van der Waals surface area contributed by atoms with Crippen molar-refractivity contribution in [1.29, 1.82) is 0 Å². The fourth-order valence-electron chi connectivity index (χ4n) is 2.34. The molecule has 0 radical (unpaired) electrons. The van der Waals surface area contributed by atoms with E-state index in [4.69, 9.17) is 5.73 Å². The van der Waals surface area contributed by atoms with Gasteiger partial charge in [0.2, 0.25) is 0 Å². The Bertz CT molecular complexity index is 198. The summed E-state index contributed by atoms with van der Waals surface area (Å²) in [7, 11) is 0. The Balaban J connectivity index is 2.23. The minimum absolute atomic E-state index is 0.00521.